The molecule has 0 unspecified atom stereocenters. The van der Waals surface area contributed by atoms with Crippen molar-refractivity contribution in [2.24, 2.45) is 5.92 Å². The zero-order chi connectivity index (χ0) is 11.5. The number of hydrogen-bond acceptors (Lipinski definition) is 2. The summed E-state index contributed by atoms with van der Waals surface area (Å²) in [7, 11) is -1.58. The Balaban J connectivity index is 2.53. The predicted octanol–water partition coefficient (Wildman–Crippen LogP) is 2.41. The van der Waals surface area contributed by atoms with E-state index in [0.29, 0.717) is 0 Å². The molecule has 3 nitrogen and oxygen atoms in total. The number of sulfonamides is 1. The summed E-state index contributed by atoms with van der Waals surface area (Å²) in [6.45, 7) is 2.20. The lowest BCUT2D eigenvalue weighted by molar-refractivity contribution is 0.233. The minimum Gasteiger partial charge on any atom is -0.211 e. The van der Waals surface area contributed by atoms with Crippen LogP contribution in [0, 0.1) is 5.92 Å². The van der Waals surface area contributed by atoms with Crippen LogP contribution >= 0.6 is 11.6 Å². The van der Waals surface area contributed by atoms with Crippen LogP contribution in [0.5, 0.6) is 0 Å². The molecule has 0 heterocycles. The fourth-order valence-corrected chi connectivity index (χ4v) is 3.50. The van der Waals surface area contributed by atoms with Crippen molar-refractivity contribution in [1.29, 1.82) is 0 Å². The summed E-state index contributed by atoms with van der Waals surface area (Å²) in [4.78, 5) is 0. The van der Waals surface area contributed by atoms with Gasteiger partial charge in [-0.1, -0.05) is 13.3 Å². The van der Waals surface area contributed by atoms with Crippen molar-refractivity contribution < 1.29 is 8.42 Å². The zero-order valence-corrected chi connectivity index (χ0v) is 11.0. The molecule has 0 aromatic heterocycles. The third kappa shape index (κ3) is 3.33. The van der Waals surface area contributed by atoms with E-state index in [0.717, 1.165) is 31.6 Å². The first-order valence-electron chi connectivity index (χ1n) is 5.53. The molecule has 5 heteroatoms. The fraction of sp³-hybridized carbons (Fsp3) is 1.00. The average Bonchev–Trinajstić information content (AvgIpc) is 2.28. The van der Waals surface area contributed by atoms with Crippen molar-refractivity contribution >= 4 is 21.6 Å². The minimum atomic E-state index is -3.22. The van der Waals surface area contributed by atoms with Gasteiger partial charge in [-0.25, -0.2) is 12.7 Å². The molecule has 0 bridgehead atoms. The molecule has 1 saturated carbocycles. The molecule has 0 radical (unpaired) electrons. The van der Waals surface area contributed by atoms with Gasteiger partial charge in [0.15, 0.2) is 0 Å². The van der Waals surface area contributed by atoms with E-state index < -0.39 is 10.0 Å². The van der Waals surface area contributed by atoms with Crippen molar-refractivity contribution in [3.8, 4) is 0 Å². The van der Waals surface area contributed by atoms with Crippen molar-refractivity contribution in [1.82, 2.24) is 4.31 Å². The highest BCUT2D eigenvalue weighted by molar-refractivity contribution is 7.90. The monoisotopic (exact) mass is 253 g/mol. The predicted molar refractivity (Wildman–Crippen MR) is 63.4 cm³/mol. The molecule has 15 heavy (non-hydrogen) atoms. The van der Waals surface area contributed by atoms with Crippen LogP contribution in [0.4, 0.5) is 0 Å². The maximum Gasteiger partial charge on any atom is 0.228 e. The standard InChI is InChI=1S/C10H20ClNO2S/c1-3-9-4-6-10(7-5-9)12(2)15(13,14)8-11/h9-10H,3-8H2,1-2H3. The number of nitrogens with zero attached hydrogens (tertiary/aromatic N) is 1. The van der Waals surface area contributed by atoms with Crippen molar-refractivity contribution in [3.05, 3.63) is 0 Å². The van der Waals surface area contributed by atoms with E-state index in [1.54, 1.807) is 7.05 Å². The SMILES string of the molecule is CCC1CCC(N(C)S(=O)(=O)CCl)CC1. The van der Waals surface area contributed by atoms with E-state index in [4.69, 9.17) is 11.6 Å². The lowest BCUT2D eigenvalue weighted by atomic mass is 9.85. The Labute approximate surface area is 97.8 Å². The first-order chi connectivity index (χ1) is 7.01. The Kier molecular flexibility index (Phi) is 4.87. The summed E-state index contributed by atoms with van der Waals surface area (Å²) in [5.41, 5.74) is 0. The van der Waals surface area contributed by atoms with E-state index >= 15 is 0 Å². The van der Waals surface area contributed by atoms with E-state index in [9.17, 15) is 8.42 Å². The molecule has 0 aromatic carbocycles. The smallest absolute Gasteiger partial charge is 0.211 e. The van der Waals surface area contributed by atoms with Gasteiger partial charge in [-0.3, -0.25) is 0 Å². The summed E-state index contributed by atoms with van der Waals surface area (Å²) in [6.07, 6.45) is 5.45. The summed E-state index contributed by atoms with van der Waals surface area (Å²) >= 11 is 5.43. The second kappa shape index (κ2) is 5.51. The Morgan fingerprint density at radius 3 is 2.20 bits per heavy atom. The maximum absolute atomic E-state index is 11.5. The summed E-state index contributed by atoms with van der Waals surface area (Å²) in [5, 5.41) is -0.308. The van der Waals surface area contributed by atoms with E-state index in [-0.39, 0.29) is 11.3 Å². The van der Waals surface area contributed by atoms with Gasteiger partial charge in [-0.2, -0.15) is 0 Å². The third-order valence-electron chi connectivity index (χ3n) is 3.48. The van der Waals surface area contributed by atoms with Gasteiger partial charge in [-0.05, 0) is 31.6 Å². The largest absolute Gasteiger partial charge is 0.228 e. The molecule has 0 atom stereocenters. The highest BCUT2D eigenvalue weighted by Gasteiger charge is 2.29. The molecule has 0 amide bonds. The fourth-order valence-electron chi connectivity index (χ4n) is 2.22. The van der Waals surface area contributed by atoms with Crippen LogP contribution in [0.25, 0.3) is 0 Å². The second-order valence-corrected chi connectivity index (χ2v) is 6.93. The molecule has 90 valence electrons. The van der Waals surface area contributed by atoms with Crippen LogP contribution in [-0.4, -0.2) is 31.0 Å². The van der Waals surface area contributed by atoms with Gasteiger partial charge in [0.1, 0.15) is 5.21 Å². The van der Waals surface area contributed by atoms with Crippen LogP contribution in [0.3, 0.4) is 0 Å². The van der Waals surface area contributed by atoms with Gasteiger partial charge < -0.3 is 0 Å². The van der Waals surface area contributed by atoms with Crippen molar-refractivity contribution in [2.45, 2.75) is 45.1 Å². The summed E-state index contributed by atoms with van der Waals surface area (Å²) < 4.78 is 24.6. The van der Waals surface area contributed by atoms with Crippen molar-refractivity contribution in [3.63, 3.8) is 0 Å². The van der Waals surface area contributed by atoms with Crippen LogP contribution in [0.1, 0.15) is 39.0 Å². The molecule has 0 aliphatic heterocycles. The van der Waals surface area contributed by atoms with E-state index in [2.05, 4.69) is 6.92 Å². The van der Waals surface area contributed by atoms with Crippen LogP contribution in [0.2, 0.25) is 0 Å². The molecule has 1 fully saturated rings. The Bertz CT molecular complexity index is 284. The molecule has 1 rings (SSSR count). The minimum absolute atomic E-state index is 0.163. The molecule has 0 aromatic rings. The number of hydrogen-bond donors (Lipinski definition) is 0. The van der Waals surface area contributed by atoms with Gasteiger partial charge in [0.05, 0.1) is 0 Å². The Hall–Kier alpha value is 0.200. The summed E-state index contributed by atoms with van der Waals surface area (Å²) in [6, 6.07) is 0.163. The van der Waals surface area contributed by atoms with Crippen molar-refractivity contribution in [2.75, 3.05) is 12.3 Å². The van der Waals surface area contributed by atoms with Gasteiger partial charge in [0.25, 0.3) is 0 Å². The molecule has 0 N–H and O–H groups in total. The highest BCUT2D eigenvalue weighted by Crippen LogP contribution is 2.30. The van der Waals surface area contributed by atoms with E-state index in [1.165, 1.54) is 10.7 Å². The normalized spacial score (nSPS) is 28.3. The lowest BCUT2D eigenvalue weighted by Gasteiger charge is -2.33. The first kappa shape index (κ1) is 13.3. The van der Waals surface area contributed by atoms with Gasteiger partial charge in [0, 0.05) is 13.1 Å². The van der Waals surface area contributed by atoms with Crippen LogP contribution in [-0.2, 0) is 10.0 Å². The third-order valence-corrected chi connectivity index (χ3v) is 5.76. The molecule has 0 saturated heterocycles. The van der Waals surface area contributed by atoms with Gasteiger partial charge in [0.2, 0.25) is 10.0 Å². The molecule has 1 aliphatic carbocycles. The number of rotatable bonds is 4. The summed E-state index contributed by atoms with van der Waals surface area (Å²) in [5.74, 6) is 0.786. The number of alkyl halides is 1. The molecular formula is C10H20ClNO2S. The Morgan fingerprint density at radius 2 is 1.80 bits per heavy atom. The maximum atomic E-state index is 11.5. The number of halogens is 1. The quantitative estimate of drug-likeness (QED) is 0.722. The zero-order valence-electron chi connectivity index (χ0n) is 9.45. The van der Waals surface area contributed by atoms with Crippen LogP contribution < -0.4 is 0 Å². The van der Waals surface area contributed by atoms with Crippen LogP contribution in [0.15, 0.2) is 0 Å². The average molecular weight is 254 g/mol. The van der Waals surface area contributed by atoms with Gasteiger partial charge in [-0.15, -0.1) is 11.6 Å². The van der Waals surface area contributed by atoms with E-state index in [1.807, 2.05) is 0 Å². The first-order valence-corrected chi connectivity index (χ1v) is 7.67. The molecule has 1 aliphatic rings. The topological polar surface area (TPSA) is 37.4 Å². The molecule has 0 spiro atoms. The molecular weight excluding hydrogens is 234 g/mol. The highest BCUT2D eigenvalue weighted by atomic mass is 35.5. The second-order valence-electron chi connectivity index (χ2n) is 4.32. The lowest BCUT2D eigenvalue weighted by Crippen LogP contribution is -2.39. The van der Waals surface area contributed by atoms with Gasteiger partial charge >= 0.3 is 0 Å². The Morgan fingerprint density at radius 1 is 1.27 bits per heavy atom.